The number of likely N-dealkylation sites (N-methyl/N-ethyl adjacent to an activating group) is 1. The number of hydrogen-bond donors (Lipinski definition) is 1. The third-order valence-electron chi connectivity index (χ3n) is 3.39. The summed E-state index contributed by atoms with van der Waals surface area (Å²) >= 11 is 0. The second-order valence-corrected chi connectivity index (χ2v) is 4.34. The molecule has 0 aromatic heterocycles. The molecule has 6 heteroatoms. The summed E-state index contributed by atoms with van der Waals surface area (Å²) in [5.41, 5.74) is -1.17. The number of carbonyl (C=O) groups excluding carboxylic acids is 1. The summed E-state index contributed by atoms with van der Waals surface area (Å²) in [7, 11) is 2.94. The first-order valence-electron chi connectivity index (χ1n) is 6.13. The summed E-state index contributed by atoms with van der Waals surface area (Å²) in [6.45, 7) is 3.43. The second kappa shape index (κ2) is 6.27. The normalized spacial score (nSPS) is 13.2. The fraction of sp³-hybridized carbons (Fsp3) is 0.429. The number of carbonyl (C=O) groups is 2. The first-order valence-corrected chi connectivity index (χ1v) is 6.13. The molecule has 6 nitrogen and oxygen atoms in total. The van der Waals surface area contributed by atoms with Crippen LogP contribution >= 0.6 is 0 Å². The van der Waals surface area contributed by atoms with Crippen molar-refractivity contribution >= 4 is 12.4 Å². The molecule has 0 spiro atoms. The maximum absolute atomic E-state index is 11.8. The van der Waals surface area contributed by atoms with Crippen LogP contribution in [-0.4, -0.2) is 43.2 Å². The van der Waals surface area contributed by atoms with E-state index in [0.29, 0.717) is 23.5 Å². The molecule has 1 unspecified atom stereocenters. The van der Waals surface area contributed by atoms with Crippen molar-refractivity contribution < 1.29 is 24.2 Å². The Hall–Kier alpha value is -2.24. The van der Waals surface area contributed by atoms with Crippen LogP contribution in [-0.2, 0) is 15.1 Å². The fourth-order valence-corrected chi connectivity index (χ4v) is 2.08. The average molecular weight is 281 g/mol. The van der Waals surface area contributed by atoms with E-state index in [1.807, 2.05) is 0 Å². The maximum Gasteiger partial charge on any atom is 0.334 e. The minimum atomic E-state index is -1.53. The summed E-state index contributed by atoms with van der Waals surface area (Å²) in [4.78, 5) is 24.2. The summed E-state index contributed by atoms with van der Waals surface area (Å²) < 4.78 is 10.3. The fourth-order valence-electron chi connectivity index (χ4n) is 2.08. The highest BCUT2D eigenvalue weighted by Crippen LogP contribution is 2.37. The molecule has 0 bridgehead atoms. The van der Waals surface area contributed by atoms with Crippen molar-refractivity contribution in [3.8, 4) is 11.5 Å². The van der Waals surface area contributed by atoms with Crippen molar-refractivity contribution in [3.05, 3.63) is 23.8 Å². The Bertz CT molecular complexity index is 502. The minimum absolute atomic E-state index is 0.257. The van der Waals surface area contributed by atoms with Crippen LogP contribution in [0.1, 0.15) is 19.4 Å². The minimum Gasteiger partial charge on any atom is -0.497 e. The van der Waals surface area contributed by atoms with Crippen LogP contribution < -0.4 is 9.47 Å². The molecule has 0 saturated heterocycles. The molecule has 20 heavy (non-hydrogen) atoms. The van der Waals surface area contributed by atoms with Gasteiger partial charge in [-0.2, -0.15) is 0 Å². The van der Waals surface area contributed by atoms with E-state index in [9.17, 15) is 14.7 Å². The van der Waals surface area contributed by atoms with Crippen molar-refractivity contribution in [1.29, 1.82) is 0 Å². The number of carboxylic acids is 1. The number of methoxy groups -OCH3 is 2. The Morgan fingerprint density at radius 2 is 2.05 bits per heavy atom. The largest absolute Gasteiger partial charge is 0.497 e. The van der Waals surface area contributed by atoms with E-state index in [-0.39, 0.29) is 6.54 Å². The van der Waals surface area contributed by atoms with E-state index in [0.717, 1.165) is 0 Å². The zero-order chi connectivity index (χ0) is 15.3. The number of benzene rings is 1. The van der Waals surface area contributed by atoms with E-state index in [1.54, 1.807) is 25.1 Å². The van der Waals surface area contributed by atoms with Gasteiger partial charge in [-0.15, -0.1) is 0 Å². The van der Waals surface area contributed by atoms with Gasteiger partial charge in [0.05, 0.1) is 14.2 Å². The van der Waals surface area contributed by atoms with Crippen LogP contribution in [0.3, 0.4) is 0 Å². The maximum atomic E-state index is 11.8. The number of rotatable bonds is 7. The summed E-state index contributed by atoms with van der Waals surface area (Å²) in [5.74, 6) is -0.260. The molecule has 1 aromatic rings. The van der Waals surface area contributed by atoms with Gasteiger partial charge in [0.25, 0.3) is 0 Å². The topological polar surface area (TPSA) is 76.1 Å². The number of nitrogens with zero attached hydrogens (tertiary/aromatic N) is 1. The number of carboxylic acid groups (broad SMARTS) is 1. The van der Waals surface area contributed by atoms with Gasteiger partial charge in [-0.1, -0.05) is 0 Å². The number of hydrogen-bond acceptors (Lipinski definition) is 4. The van der Waals surface area contributed by atoms with Gasteiger partial charge in [0.1, 0.15) is 11.5 Å². The molecule has 0 aliphatic carbocycles. The molecule has 110 valence electrons. The van der Waals surface area contributed by atoms with Gasteiger partial charge in [0, 0.05) is 12.1 Å². The van der Waals surface area contributed by atoms with E-state index in [2.05, 4.69) is 0 Å². The molecule has 0 saturated carbocycles. The Labute approximate surface area is 117 Å². The Kier molecular flexibility index (Phi) is 4.96. The summed E-state index contributed by atoms with van der Waals surface area (Å²) in [6.07, 6.45) is 0.521. The van der Waals surface area contributed by atoms with E-state index in [1.165, 1.54) is 26.0 Å². The smallest absolute Gasteiger partial charge is 0.334 e. The van der Waals surface area contributed by atoms with Crippen LogP contribution in [0.2, 0.25) is 0 Å². The molecule has 0 fully saturated rings. The van der Waals surface area contributed by atoms with Crippen molar-refractivity contribution in [2.24, 2.45) is 0 Å². The van der Waals surface area contributed by atoms with Crippen LogP contribution in [0, 0.1) is 0 Å². The first-order chi connectivity index (χ1) is 9.45. The van der Waals surface area contributed by atoms with Crippen LogP contribution in [0.15, 0.2) is 18.2 Å². The molecule has 1 N–H and O–H groups in total. The highest BCUT2D eigenvalue weighted by atomic mass is 16.5. The Balaban J connectivity index is 3.55. The lowest BCUT2D eigenvalue weighted by molar-refractivity contribution is -0.154. The van der Waals surface area contributed by atoms with Gasteiger partial charge in [0.15, 0.2) is 5.54 Å². The van der Waals surface area contributed by atoms with E-state index >= 15 is 0 Å². The second-order valence-electron chi connectivity index (χ2n) is 4.34. The SMILES string of the molecule is CCN(C=O)C(C)(C(=O)O)c1cc(OC)ccc1OC. The molecule has 0 radical (unpaired) electrons. The zero-order valence-electron chi connectivity index (χ0n) is 12.0. The van der Waals surface area contributed by atoms with Gasteiger partial charge in [0.2, 0.25) is 6.41 Å². The molecular weight excluding hydrogens is 262 g/mol. The van der Waals surface area contributed by atoms with Crippen molar-refractivity contribution in [3.63, 3.8) is 0 Å². The van der Waals surface area contributed by atoms with E-state index < -0.39 is 11.5 Å². The van der Waals surface area contributed by atoms with Crippen LogP contribution in [0.25, 0.3) is 0 Å². The highest BCUT2D eigenvalue weighted by Gasteiger charge is 2.43. The van der Waals surface area contributed by atoms with Crippen molar-refractivity contribution in [2.45, 2.75) is 19.4 Å². The van der Waals surface area contributed by atoms with Gasteiger partial charge >= 0.3 is 5.97 Å². The summed E-state index contributed by atoms with van der Waals surface area (Å²) in [5, 5.41) is 9.61. The summed E-state index contributed by atoms with van der Waals surface area (Å²) in [6, 6.07) is 4.86. The van der Waals surface area contributed by atoms with Gasteiger partial charge in [-0.05, 0) is 32.0 Å². The number of ether oxygens (including phenoxy) is 2. The van der Waals surface area contributed by atoms with Crippen LogP contribution in [0.4, 0.5) is 0 Å². The van der Waals surface area contributed by atoms with Crippen molar-refractivity contribution in [1.82, 2.24) is 4.90 Å². The predicted molar refractivity (Wildman–Crippen MR) is 73.0 cm³/mol. The molecule has 0 heterocycles. The molecule has 0 aliphatic heterocycles. The average Bonchev–Trinajstić information content (AvgIpc) is 2.47. The molecule has 0 aliphatic rings. The molecular formula is C14H19NO5. The monoisotopic (exact) mass is 281 g/mol. The third kappa shape index (κ3) is 2.54. The lowest BCUT2D eigenvalue weighted by atomic mass is 9.89. The first kappa shape index (κ1) is 15.8. The lowest BCUT2D eigenvalue weighted by Gasteiger charge is -2.35. The Morgan fingerprint density at radius 3 is 2.45 bits per heavy atom. The van der Waals surface area contributed by atoms with Gasteiger partial charge in [-0.25, -0.2) is 4.79 Å². The predicted octanol–water partition coefficient (Wildman–Crippen LogP) is 1.48. The number of aliphatic carboxylic acids is 1. The quantitative estimate of drug-likeness (QED) is 0.766. The third-order valence-corrected chi connectivity index (χ3v) is 3.39. The molecule has 1 amide bonds. The van der Waals surface area contributed by atoms with E-state index in [4.69, 9.17) is 9.47 Å². The van der Waals surface area contributed by atoms with Gasteiger partial charge < -0.3 is 19.5 Å². The van der Waals surface area contributed by atoms with Gasteiger partial charge in [-0.3, -0.25) is 4.79 Å². The van der Waals surface area contributed by atoms with Crippen LogP contribution in [0.5, 0.6) is 11.5 Å². The molecule has 1 rings (SSSR count). The van der Waals surface area contributed by atoms with Crippen molar-refractivity contribution in [2.75, 3.05) is 20.8 Å². The Morgan fingerprint density at radius 1 is 1.40 bits per heavy atom. The standard InChI is InChI=1S/C14H19NO5/c1-5-15(9-16)14(2,13(17)18)11-8-10(19-3)6-7-12(11)20-4/h6-9H,5H2,1-4H3,(H,17,18). The molecule has 1 atom stereocenters. The zero-order valence-corrected chi connectivity index (χ0v) is 12.0. The lowest BCUT2D eigenvalue weighted by Crippen LogP contribution is -2.49. The number of amides is 1. The molecule has 1 aromatic carbocycles. The highest BCUT2D eigenvalue weighted by molar-refractivity contribution is 5.84.